The number of anilines is 1. The zero-order chi connectivity index (χ0) is 14.8. The molecule has 0 spiro atoms. The van der Waals surface area contributed by atoms with Gasteiger partial charge >= 0.3 is 0 Å². The van der Waals surface area contributed by atoms with Gasteiger partial charge in [0.2, 0.25) is 0 Å². The van der Waals surface area contributed by atoms with E-state index in [0.29, 0.717) is 17.8 Å². The Morgan fingerprint density at radius 3 is 3.00 bits per heavy atom. The van der Waals surface area contributed by atoms with Gasteiger partial charge in [0, 0.05) is 6.07 Å². The van der Waals surface area contributed by atoms with Crippen LogP contribution in [0.3, 0.4) is 0 Å². The van der Waals surface area contributed by atoms with E-state index in [1.165, 1.54) is 24.7 Å². The number of hydrogen-bond donors (Lipinski definition) is 2. The van der Waals surface area contributed by atoms with Crippen molar-refractivity contribution in [3.63, 3.8) is 0 Å². The van der Waals surface area contributed by atoms with Crippen LogP contribution in [0.25, 0.3) is 10.9 Å². The second-order valence-corrected chi connectivity index (χ2v) is 4.31. The summed E-state index contributed by atoms with van der Waals surface area (Å²) in [5, 5.41) is 14.2. The summed E-state index contributed by atoms with van der Waals surface area (Å²) in [6.45, 7) is 0.294. The molecule has 0 amide bonds. The lowest BCUT2D eigenvalue weighted by atomic mass is 10.2. The monoisotopic (exact) mass is 286 g/mol. The molecule has 3 aromatic rings. The highest BCUT2D eigenvalue weighted by Crippen LogP contribution is 2.28. The van der Waals surface area contributed by atoms with Gasteiger partial charge in [-0.2, -0.15) is 0 Å². The number of furan rings is 1. The first-order valence-electron chi connectivity index (χ1n) is 6.07. The number of nitrogens with one attached hydrogen (secondary N) is 2. The van der Waals surface area contributed by atoms with Gasteiger partial charge in [0.25, 0.3) is 11.2 Å². The Kier molecular flexibility index (Phi) is 3.11. The molecule has 0 saturated heterocycles. The number of aromatic amines is 1. The average Bonchev–Trinajstić information content (AvgIpc) is 2.97. The molecule has 0 fully saturated rings. The van der Waals surface area contributed by atoms with Crippen LogP contribution in [0.5, 0.6) is 0 Å². The number of H-pyrrole nitrogens is 1. The zero-order valence-corrected chi connectivity index (χ0v) is 10.7. The fourth-order valence-electron chi connectivity index (χ4n) is 1.99. The molecule has 0 saturated carbocycles. The first-order chi connectivity index (χ1) is 10.1. The van der Waals surface area contributed by atoms with Crippen molar-refractivity contribution in [1.29, 1.82) is 0 Å². The summed E-state index contributed by atoms with van der Waals surface area (Å²) in [7, 11) is 0. The predicted molar refractivity (Wildman–Crippen MR) is 75.1 cm³/mol. The number of benzene rings is 1. The number of rotatable bonds is 4. The Morgan fingerprint density at radius 2 is 2.29 bits per heavy atom. The molecular weight excluding hydrogens is 276 g/mol. The number of nitro benzene ring substituents is 1. The molecule has 8 nitrogen and oxygen atoms in total. The fraction of sp³-hybridized carbons (Fsp3) is 0.0769. The lowest BCUT2D eigenvalue weighted by molar-refractivity contribution is -0.383. The molecule has 0 bridgehead atoms. The van der Waals surface area contributed by atoms with Crippen molar-refractivity contribution in [2.24, 2.45) is 0 Å². The number of hydrogen-bond acceptors (Lipinski definition) is 6. The summed E-state index contributed by atoms with van der Waals surface area (Å²) in [6.07, 6.45) is 2.78. The summed E-state index contributed by atoms with van der Waals surface area (Å²) in [5.41, 5.74) is 0.0570. The van der Waals surface area contributed by atoms with E-state index < -0.39 is 10.5 Å². The first-order valence-corrected chi connectivity index (χ1v) is 6.07. The van der Waals surface area contributed by atoms with E-state index in [-0.39, 0.29) is 16.8 Å². The number of fused-ring (bicyclic) bond motifs is 1. The van der Waals surface area contributed by atoms with Crippen LogP contribution in [0.4, 0.5) is 11.4 Å². The Bertz CT molecular complexity index is 854. The number of nitrogens with zero attached hydrogens (tertiary/aromatic N) is 2. The van der Waals surface area contributed by atoms with Crippen molar-refractivity contribution in [3.05, 3.63) is 63.1 Å². The van der Waals surface area contributed by atoms with Gasteiger partial charge < -0.3 is 14.7 Å². The maximum atomic E-state index is 11.7. The highest BCUT2D eigenvalue weighted by atomic mass is 16.6. The van der Waals surface area contributed by atoms with Crippen LogP contribution in [0.1, 0.15) is 5.76 Å². The molecule has 1 aromatic carbocycles. The molecule has 0 radical (unpaired) electrons. The van der Waals surface area contributed by atoms with Crippen LogP contribution in [-0.4, -0.2) is 14.9 Å². The van der Waals surface area contributed by atoms with Crippen LogP contribution in [-0.2, 0) is 6.54 Å². The van der Waals surface area contributed by atoms with Gasteiger partial charge in [-0.1, -0.05) is 0 Å². The average molecular weight is 286 g/mol. The van der Waals surface area contributed by atoms with Gasteiger partial charge in [0.1, 0.15) is 11.4 Å². The molecule has 2 aromatic heterocycles. The van der Waals surface area contributed by atoms with Crippen molar-refractivity contribution in [2.45, 2.75) is 6.54 Å². The molecule has 8 heteroatoms. The third-order valence-corrected chi connectivity index (χ3v) is 2.99. The molecule has 2 N–H and O–H groups in total. The largest absolute Gasteiger partial charge is 0.467 e. The highest BCUT2D eigenvalue weighted by molar-refractivity contribution is 5.86. The van der Waals surface area contributed by atoms with Gasteiger partial charge in [-0.15, -0.1) is 0 Å². The zero-order valence-electron chi connectivity index (χ0n) is 10.7. The Hall–Kier alpha value is -3.16. The molecule has 0 atom stereocenters. The van der Waals surface area contributed by atoms with Crippen LogP contribution in [0.15, 0.2) is 46.1 Å². The normalized spacial score (nSPS) is 10.7. The topological polar surface area (TPSA) is 114 Å². The van der Waals surface area contributed by atoms with Crippen LogP contribution < -0.4 is 10.9 Å². The van der Waals surface area contributed by atoms with Crippen LogP contribution in [0.2, 0.25) is 0 Å². The molecular formula is C13H10N4O4. The minimum absolute atomic E-state index is 0.174. The number of nitro groups is 1. The van der Waals surface area contributed by atoms with E-state index in [0.717, 1.165) is 0 Å². The molecule has 106 valence electrons. The van der Waals surface area contributed by atoms with Gasteiger partial charge in [0.05, 0.1) is 35.0 Å². The lowest BCUT2D eigenvalue weighted by Gasteiger charge is -2.06. The molecule has 21 heavy (non-hydrogen) atoms. The molecule has 0 aliphatic heterocycles. The maximum absolute atomic E-state index is 11.7. The summed E-state index contributed by atoms with van der Waals surface area (Å²) in [6, 6.07) is 6.17. The van der Waals surface area contributed by atoms with E-state index in [2.05, 4.69) is 15.3 Å². The van der Waals surface area contributed by atoms with Gasteiger partial charge in [0.15, 0.2) is 0 Å². The van der Waals surface area contributed by atoms with Gasteiger partial charge in [-0.05, 0) is 18.2 Å². The summed E-state index contributed by atoms with van der Waals surface area (Å²) >= 11 is 0. The van der Waals surface area contributed by atoms with E-state index in [1.807, 2.05) is 0 Å². The van der Waals surface area contributed by atoms with Crippen LogP contribution in [0, 0.1) is 10.1 Å². The summed E-state index contributed by atoms with van der Waals surface area (Å²) in [5.74, 6) is 0.642. The third-order valence-electron chi connectivity index (χ3n) is 2.99. The Morgan fingerprint density at radius 1 is 1.43 bits per heavy atom. The first kappa shape index (κ1) is 12.9. The van der Waals surface area contributed by atoms with Gasteiger partial charge in [-0.3, -0.25) is 14.9 Å². The second kappa shape index (κ2) is 5.08. The van der Waals surface area contributed by atoms with Crippen molar-refractivity contribution in [2.75, 3.05) is 5.32 Å². The van der Waals surface area contributed by atoms with Crippen molar-refractivity contribution >= 4 is 22.3 Å². The minimum Gasteiger partial charge on any atom is -0.467 e. The number of aromatic nitrogens is 2. The quantitative estimate of drug-likeness (QED) is 0.560. The highest BCUT2D eigenvalue weighted by Gasteiger charge is 2.17. The van der Waals surface area contributed by atoms with E-state index in [9.17, 15) is 14.9 Å². The van der Waals surface area contributed by atoms with Crippen molar-refractivity contribution in [3.8, 4) is 0 Å². The van der Waals surface area contributed by atoms with E-state index >= 15 is 0 Å². The third kappa shape index (κ3) is 2.46. The fourth-order valence-corrected chi connectivity index (χ4v) is 1.99. The summed E-state index contributed by atoms with van der Waals surface area (Å²) in [4.78, 5) is 28.7. The maximum Gasteiger partial charge on any atom is 0.293 e. The summed E-state index contributed by atoms with van der Waals surface area (Å²) < 4.78 is 5.16. The molecule has 2 heterocycles. The standard InChI is InChI=1S/C13H10N4O4/c18-13-9-4-12(17(19)20)11(5-10(9)15-7-16-13)14-6-8-2-1-3-21-8/h1-5,7,14H,6H2,(H,15,16,18). The predicted octanol–water partition coefficient (Wildman–Crippen LogP) is 2.04. The second-order valence-electron chi connectivity index (χ2n) is 4.31. The van der Waals surface area contributed by atoms with Crippen LogP contribution >= 0.6 is 0 Å². The molecule has 3 rings (SSSR count). The van der Waals surface area contributed by atoms with E-state index in [4.69, 9.17) is 4.42 Å². The van der Waals surface area contributed by atoms with Gasteiger partial charge in [-0.25, -0.2) is 4.98 Å². The Balaban J connectivity index is 2.05. The molecule has 0 unspecified atom stereocenters. The molecule has 0 aliphatic rings. The van der Waals surface area contributed by atoms with Crippen molar-refractivity contribution < 1.29 is 9.34 Å². The SMILES string of the molecule is O=c1[nH]cnc2cc(NCc3ccco3)c([N+](=O)[O-])cc12. The minimum atomic E-state index is -0.545. The lowest BCUT2D eigenvalue weighted by Crippen LogP contribution is -2.08. The smallest absolute Gasteiger partial charge is 0.293 e. The van der Waals surface area contributed by atoms with E-state index in [1.54, 1.807) is 12.1 Å². The molecule has 0 aliphatic carbocycles. The Labute approximate surface area is 117 Å². The van der Waals surface area contributed by atoms with Crippen molar-refractivity contribution in [1.82, 2.24) is 9.97 Å².